The smallest absolute Gasteiger partial charge is 0.191 e. The van der Waals surface area contributed by atoms with Gasteiger partial charge in [0.15, 0.2) is 5.96 Å². The van der Waals surface area contributed by atoms with Crippen LogP contribution >= 0.6 is 11.3 Å². The number of imidazole rings is 1. The standard InChI is InChI=1S/C21H27N5S/c1-3-23-21(24-12-17(2)20-8-11-27-15-20)25-13-18-4-6-19(7-5-18)14-26-10-9-22-16-26/h4-11,15-17H,3,12-14H2,1-2H3,(H2,23,24,25). The van der Waals surface area contributed by atoms with Crippen LogP contribution in [0.3, 0.4) is 0 Å². The van der Waals surface area contributed by atoms with Gasteiger partial charge in [-0.05, 0) is 46.4 Å². The first kappa shape index (κ1) is 19.2. The van der Waals surface area contributed by atoms with Crippen LogP contribution in [0.4, 0.5) is 0 Å². The Labute approximate surface area is 165 Å². The van der Waals surface area contributed by atoms with Crippen LogP contribution in [0.2, 0.25) is 0 Å². The molecule has 0 aliphatic carbocycles. The summed E-state index contributed by atoms with van der Waals surface area (Å²) in [5.41, 5.74) is 3.83. The Hall–Kier alpha value is -2.60. The predicted octanol–water partition coefficient (Wildman–Crippen LogP) is 3.85. The molecule has 1 unspecified atom stereocenters. The summed E-state index contributed by atoms with van der Waals surface area (Å²) in [6.45, 7) is 7.54. The van der Waals surface area contributed by atoms with Crippen molar-refractivity contribution in [2.75, 3.05) is 13.1 Å². The minimum atomic E-state index is 0.461. The number of nitrogens with zero attached hydrogens (tertiary/aromatic N) is 3. The van der Waals surface area contributed by atoms with Gasteiger partial charge in [0.2, 0.25) is 0 Å². The average molecular weight is 382 g/mol. The lowest BCUT2D eigenvalue weighted by Gasteiger charge is -2.15. The molecule has 27 heavy (non-hydrogen) atoms. The van der Waals surface area contributed by atoms with E-state index in [9.17, 15) is 0 Å². The number of hydrogen-bond donors (Lipinski definition) is 2. The Bertz CT molecular complexity index is 807. The van der Waals surface area contributed by atoms with Crippen molar-refractivity contribution < 1.29 is 0 Å². The summed E-state index contributed by atoms with van der Waals surface area (Å²) in [5.74, 6) is 1.32. The van der Waals surface area contributed by atoms with Crippen LogP contribution in [-0.4, -0.2) is 28.6 Å². The molecule has 0 amide bonds. The maximum Gasteiger partial charge on any atom is 0.191 e. The van der Waals surface area contributed by atoms with Crippen LogP contribution < -0.4 is 10.6 Å². The number of guanidine groups is 1. The van der Waals surface area contributed by atoms with Crippen molar-refractivity contribution in [1.82, 2.24) is 20.2 Å². The summed E-state index contributed by atoms with van der Waals surface area (Å²) in [5, 5.41) is 11.1. The Morgan fingerprint density at radius 1 is 1.19 bits per heavy atom. The fourth-order valence-electron chi connectivity index (χ4n) is 2.78. The molecule has 3 rings (SSSR count). The lowest BCUT2D eigenvalue weighted by Crippen LogP contribution is -2.39. The molecule has 0 bridgehead atoms. The Balaban J connectivity index is 1.54. The molecule has 142 valence electrons. The topological polar surface area (TPSA) is 54.2 Å². The lowest BCUT2D eigenvalue weighted by molar-refractivity contribution is 0.701. The number of aromatic nitrogens is 2. The molecule has 0 aliphatic heterocycles. The number of benzene rings is 1. The van der Waals surface area contributed by atoms with E-state index in [1.807, 2.05) is 12.5 Å². The van der Waals surface area contributed by atoms with Crippen molar-refractivity contribution in [3.05, 3.63) is 76.5 Å². The average Bonchev–Trinajstić information content (AvgIpc) is 3.39. The van der Waals surface area contributed by atoms with Gasteiger partial charge in [-0.2, -0.15) is 11.3 Å². The fraction of sp³-hybridized carbons (Fsp3) is 0.333. The normalized spacial score (nSPS) is 12.7. The van der Waals surface area contributed by atoms with Gasteiger partial charge in [0, 0.05) is 32.0 Å². The third-order valence-electron chi connectivity index (χ3n) is 4.40. The molecule has 0 saturated carbocycles. The second-order valence-electron chi connectivity index (χ2n) is 6.59. The van der Waals surface area contributed by atoms with Gasteiger partial charge in [-0.3, -0.25) is 0 Å². The van der Waals surface area contributed by atoms with Crippen molar-refractivity contribution in [2.45, 2.75) is 32.9 Å². The van der Waals surface area contributed by atoms with Gasteiger partial charge in [-0.15, -0.1) is 0 Å². The zero-order valence-electron chi connectivity index (χ0n) is 15.9. The third kappa shape index (κ3) is 5.96. The molecule has 1 aromatic carbocycles. The molecule has 0 radical (unpaired) electrons. The fourth-order valence-corrected chi connectivity index (χ4v) is 3.56. The van der Waals surface area contributed by atoms with Gasteiger partial charge in [0.05, 0.1) is 12.9 Å². The van der Waals surface area contributed by atoms with Crippen LogP contribution in [0.25, 0.3) is 0 Å². The van der Waals surface area contributed by atoms with Crippen molar-refractivity contribution >= 4 is 17.3 Å². The van der Waals surface area contributed by atoms with E-state index in [-0.39, 0.29) is 0 Å². The predicted molar refractivity (Wildman–Crippen MR) is 113 cm³/mol. The van der Waals surface area contributed by atoms with Gasteiger partial charge in [-0.1, -0.05) is 31.2 Å². The zero-order chi connectivity index (χ0) is 18.9. The number of hydrogen-bond acceptors (Lipinski definition) is 3. The first-order valence-corrected chi connectivity index (χ1v) is 10.3. The van der Waals surface area contributed by atoms with E-state index in [0.717, 1.165) is 25.6 Å². The maximum absolute atomic E-state index is 4.72. The molecule has 2 heterocycles. The Morgan fingerprint density at radius 3 is 2.67 bits per heavy atom. The molecule has 3 aromatic rings. The number of thiophene rings is 1. The number of aliphatic imine (C=N–C) groups is 1. The van der Waals surface area contributed by atoms with E-state index < -0.39 is 0 Å². The second kappa shape index (κ2) is 9.92. The van der Waals surface area contributed by atoms with E-state index >= 15 is 0 Å². The summed E-state index contributed by atoms with van der Waals surface area (Å²) < 4.78 is 2.06. The lowest BCUT2D eigenvalue weighted by atomic mass is 10.1. The van der Waals surface area contributed by atoms with Crippen molar-refractivity contribution in [3.63, 3.8) is 0 Å². The summed E-state index contributed by atoms with van der Waals surface area (Å²) in [4.78, 5) is 8.80. The first-order chi connectivity index (χ1) is 13.2. The van der Waals surface area contributed by atoms with Gasteiger partial charge >= 0.3 is 0 Å². The highest BCUT2D eigenvalue weighted by Crippen LogP contribution is 2.17. The molecule has 2 aromatic heterocycles. The summed E-state index contributed by atoms with van der Waals surface area (Å²) in [6.07, 6.45) is 5.62. The molecule has 0 aliphatic rings. The number of rotatable bonds is 8. The van der Waals surface area contributed by atoms with E-state index in [1.54, 1.807) is 17.5 Å². The highest BCUT2D eigenvalue weighted by Gasteiger charge is 2.07. The summed E-state index contributed by atoms with van der Waals surface area (Å²) >= 11 is 1.74. The third-order valence-corrected chi connectivity index (χ3v) is 5.10. The molecule has 0 spiro atoms. The zero-order valence-corrected chi connectivity index (χ0v) is 16.7. The van der Waals surface area contributed by atoms with Gasteiger partial charge in [0.1, 0.15) is 0 Å². The monoisotopic (exact) mass is 381 g/mol. The van der Waals surface area contributed by atoms with Crippen LogP contribution in [0.1, 0.15) is 36.5 Å². The molecular weight excluding hydrogens is 354 g/mol. The molecule has 2 N–H and O–H groups in total. The first-order valence-electron chi connectivity index (χ1n) is 9.32. The molecule has 1 atom stereocenters. The van der Waals surface area contributed by atoms with Crippen molar-refractivity contribution in [2.24, 2.45) is 4.99 Å². The minimum absolute atomic E-state index is 0.461. The minimum Gasteiger partial charge on any atom is -0.357 e. The van der Waals surface area contributed by atoms with E-state index in [4.69, 9.17) is 4.99 Å². The second-order valence-corrected chi connectivity index (χ2v) is 7.37. The largest absolute Gasteiger partial charge is 0.357 e. The highest BCUT2D eigenvalue weighted by molar-refractivity contribution is 7.07. The van der Waals surface area contributed by atoms with Gasteiger partial charge in [0.25, 0.3) is 0 Å². The number of nitrogens with one attached hydrogen (secondary N) is 2. The van der Waals surface area contributed by atoms with Crippen LogP contribution in [-0.2, 0) is 13.1 Å². The maximum atomic E-state index is 4.72. The van der Waals surface area contributed by atoms with Gasteiger partial charge in [-0.25, -0.2) is 9.98 Å². The van der Waals surface area contributed by atoms with Crippen molar-refractivity contribution in [1.29, 1.82) is 0 Å². The van der Waals surface area contributed by atoms with E-state index in [1.165, 1.54) is 16.7 Å². The van der Waals surface area contributed by atoms with Crippen LogP contribution in [0, 0.1) is 0 Å². The summed E-state index contributed by atoms with van der Waals surface area (Å²) in [7, 11) is 0. The van der Waals surface area contributed by atoms with E-state index in [2.05, 4.69) is 75.1 Å². The molecule has 6 heteroatoms. The molecular formula is C21H27N5S. The summed E-state index contributed by atoms with van der Waals surface area (Å²) in [6, 6.07) is 10.8. The van der Waals surface area contributed by atoms with Gasteiger partial charge < -0.3 is 15.2 Å². The SMILES string of the molecule is CCNC(=NCc1ccc(Cn2ccnc2)cc1)NCC(C)c1ccsc1. The van der Waals surface area contributed by atoms with Crippen LogP contribution in [0.5, 0.6) is 0 Å². The molecule has 0 fully saturated rings. The molecule has 0 saturated heterocycles. The van der Waals surface area contributed by atoms with Crippen molar-refractivity contribution in [3.8, 4) is 0 Å². The highest BCUT2D eigenvalue weighted by atomic mass is 32.1. The van der Waals surface area contributed by atoms with E-state index in [0.29, 0.717) is 12.5 Å². The van der Waals surface area contributed by atoms with Crippen LogP contribution in [0.15, 0.2) is 64.8 Å². The molecule has 5 nitrogen and oxygen atoms in total. The quantitative estimate of drug-likeness (QED) is 0.460. The Kier molecular flexibility index (Phi) is 7.04. The Morgan fingerprint density at radius 2 is 2.00 bits per heavy atom.